The molecule has 0 radical (unpaired) electrons. The van der Waals surface area contributed by atoms with Crippen molar-refractivity contribution in [1.82, 2.24) is 0 Å². The topological polar surface area (TPSA) is 9.72 Å². The number of benzene rings is 9. The van der Waals surface area contributed by atoms with Crippen LogP contribution in [0.25, 0.3) is 32.7 Å². The fourth-order valence-corrected chi connectivity index (χ4v) is 12.9. The number of hydrogen-bond donors (Lipinski definition) is 0. The molecule has 0 spiro atoms. The fraction of sp³-hybridized carbons (Fsp3) is 0.231. The quantitative estimate of drug-likeness (QED) is 0.158. The van der Waals surface area contributed by atoms with E-state index in [9.17, 15) is 0 Å². The van der Waals surface area contributed by atoms with Gasteiger partial charge >= 0.3 is 0 Å². The number of rotatable bonds is 7. The second-order valence-electron chi connectivity index (χ2n) is 21.7. The predicted octanol–water partition coefficient (Wildman–Crippen LogP) is 18.0. The van der Waals surface area contributed by atoms with Crippen molar-refractivity contribution in [2.75, 3.05) is 14.7 Å². The molecule has 0 N–H and O–H groups in total. The van der Waals surface area contributed by atoms with Crippen LogP contribution < -0.4 is 14.7 Å². The smallest absolute Gasteiger partial charge is 0.0545 e. The van der Waals surface area contributed by atoms with Crippen LogP contribution in [-0.2, 0) is 16.2 Å². The summed E-state index contributed by atoms with van der Waals surface area (Å²) in [6.45, 7) is 14.8. The first-order valence-electron chi connectivity index (χ1n) is 25.0. The van der Waals surface area contributed by atoms with Crippen molar-refractivity contribution in [3.8, 4) is 11.1 Å². The standard InChI is InChI=1S/C65H59N3/c1-63(2)54-26-17-27-55-60(54)68-61-56(63)38-47(44-28-32-50(33-29-44)66(48-22-9-7-10-23-48)49-24-11-8-12-25-49)39-57(61)65(5,6)59-41-53(40-58(62(59)68)64(55,3)4)67(51-34-30-42-18-13-15-20-45(42)36-51)52-35-31-43-19-14-16-21-46(43)37-52/h7,9-10,13-23,26-41,49H,8,11-12,24-25H2,1-6H3. The van der Waals surface area contributed by atoms with E-state index in [1.54, 1.807) is 0 Å². The number of anilines is 8. The Morgan fingerprint density at radius 3 is 1.34 bits per heavy atom. The zero-order valence-corrected chi connectivity index (χ0v) is 40.3. The Bertz CT molecular complexity index is 3400. The van der Waals surface area contributed by atoms with E-state index in [4.69, 9.17) is 0 Å². The van der Waals surface area contributed by atoms with Gasteiger partial charge in [0.15, 0.2) is 0 Å². The molecule has 1 fully saturated rings. The lowest BCUT2D eigenvalue weighted by atomic mass is 9.60. The average Bonchev–Trinajstić information content (AvgIpc) is 3.36. The molecule has 334 valence electrons. The molecule has 0 amide bonds. The van der Waals surface area contributed by atoms with E-state index in [-0.39, 0.29) is 16.2 Å². The van der Waals surface area contributed by atoms with Gasteiger partial charge in [0.05, 0.1) is 17.1 Å². The van der Waals surface area contributed by atoms with Crippen LogP contribution >= 0.6 is 0 Å². The van der Waals surface area contributed by atoms with Gasteiger partial charge in [-0.2, -0.15) is 0 Å². The van der Waals surface area contributed by atoms with Crippen molar-refractivity contribution in [3.63, 3.8) is 0 Å². The average molecular weight is 882 g/mol. The Morgan fingerprint density at radius 2 is 0.794 bits per heavy atom. The van der Waals surface area contributed by atoms with Crippen molar-refractivity contribution >= 4 is 67.0 Å². The third-order valence-corrected chi connectivity index (χ3v) is 16.6. The number of fused-ring (bicyclic) bond motifs is 2. The SMILES string of the molecule is CC1(C)c2cccc3c2N2c4c1cc(-c1ccc(N(c5ccccc5)C5CCCCC5)cc1)cc4C(C)(C)c1cc(N(c4ccc5ccccc5c4)c4ccc5ccccc5c4)cc(c12)C3(C)C. The van der Waals surface area contributed by atoms with Gasteiger partial charge in [0, 0.05) is 50.7 Å². The van der Waals surface area contributed by atoms with Crippen LogP contribution in [0, 0.1) is 0 Å². The minimum absolute atomic E-state index is 0.225. The van der Waals surface area contributed by atoms with E-state index in [0.717, 1.165) is 11.4 Å². The number of hydrogen-bond acceptors (Lipinski definition) is 3. The van der Waals surface area contributed by atoms with Gasteiger partial charge in [-0.15, -0.1) is 0 Å². The van der Waals surface area contributed by atoms with Gasteiger partial charge in [-0.25, -0.2) is 0 Å². The number of para-hydroxylation sites is 2. The van der Waals surface area contributed by atoms with Crippen LogP contribution in [0.1, 0.15) is 107 Å². The zero-order chi connectivity index (χ0) is 46.1. The maximum Gasteiger partial charge on any atom is 0.0545 e. The summed E-state index contributed by atoms with van der Waals surface area (Å²) in [5.74, 6) is 0. The van der Waals surface area contributed by atoms with Crippen molar-refractivity contribution < 1.29 is 0 Å². The van der Waals surface area contributed by atoms with Crippen LogP contribution in [0.15, 0.2) is 182 Å². The van der Waals surface area contributed by atoms with Crippen molar-refractivity contribution in [2.24, 2.45) is 0 Å². The molecule has 1 saturated carbocycles. The maximum absolute atomic E-state index is 2.71. The molecule has 1 aliphatic carbocycles. The lowest BCUT2D eigenvalue weighted by molar-refractivity contribution is 0.436. The van der Waals surface area contributed by atoms with Gasteiger partial charge in [0.25, 0.3) is 0 Å². The molecule has 68 heavy (non-hydrogen) atoms. The van der Waals surface area contributed by atoms with E-state index in [2.05, 4.69) is 238 Å². The maximum atomic E-state index is 2.71. The van der Waals surface area contributed by atoms with Crippen LogP contribution in [0.4, 0.5) is 45.5 Å². The Hall–Kier alpha value is -7.10. The second-order valence-corrected chi connectivity index (χ2v) is 21.7. The minimum atomic E-state index is -0.337. The van der Waals surface area contributed by atoms with E-state index >= 15 is 0 Å². The molecule has 0 saturated heterocycles. The monoisotopic (exact) mass is 881 g/mol. The first-order valence-corrected chi connectivity index (χ1v) is 25.0. The molecule has 0 bridgehead atoms. The van der Waals surface area contributed by atoms with E-state index in [1.807, 2.05) is 0 Å². The van der Waals surface area contributed by atoms with E-state index in [1.165, 1.54) is 132 Å². The van der Waals surface area contributed by atoms with Gasteiger partial charge in [0.2, 0.25) is 0 Å². The highest BCUT2D eigenvalue weighted by molar-refractivity contribution is 6.01. The van der Waals surface area contributed by atoms with Crippen molar-refractivity contribution in [1.29, 1.82) is 0 Å². The summed E-state index contributed by atoms with van der Waals surface area (Å²) in [6.07, 6.45) is 6.40. The molecule has 4 aliphatic rings. The van der Waals surface area contributed by atoms with Gasteiger partial charge in [-0.1, -0.05) is 170 Å². The van der Waals surface area contributed by atoms with Crippen LogP contribution in [0.5, 0.6) is 0 Å². The molecular formula is C65H59N3. The molecule has 9 aromatic rings. The molecule has 3 aliphatic heterocycles. The molecular weight excluding hydrogens is 823 g/mol. The Balaban J connectivity index is 1.02. The highest BCUT2D eigenvalue weighted by Gasteiger charge is 2.52. The fourth-order valence-electron chi connectivity index (χ4n) is 12.9. The molecule has 13 rings (SSSR count). The summed E-state index contributed by atoms with van der Waals surface area (Å²) in [6, 6.07) is 69.8. The minimum Gasteiger partial charge on any atom is -0.338 e. The molecule has 3 heteroatoms. The lowest BCUT2D eigenvalue weighted by Crippen LogP contribution is -2.43. The molecule has 0 unspecified atom stereocenters. The molecule has 3 heterocycles. The highest BCUT2D eigenvalue weighted by Crippen LogP contribution is 2.67. The third kappa shape index (κ3) is 6.03. The van der Waals surface area contributed by atoms with Crippen LogP contribution in [0.3, 0.4) is 0 Å². The predicted molar refractivity (Wildman–Crippen MR) is 288 cm³/mol. The second kappa shape index (κ2) is 14.9. The Morgan fingerprint density at radius 1 is 0.353 bits per heavy atom. The van der Waals surface area contributed by atoms with Gasteiger partial charge < -0.3 is 14.7 Å². The summed E-state index contributed by atoms with van der Waals surface area (Å²) in [4.78, 5) is 7.83. The van der Waals surface area contributed by atoms with Gasteiger partial charge in [-0.05, 0) is 152 Å². The van der Waals surface area contributed by atoms with Crippen molar-refractivity contribution in [2.45, 2.75) is 95.9 Å². The van der Waals surface area contributed by atoms with Gasteiger partial charge in [-0.3, -0.25) is 0 Å². The molecule has 3 nitrogen and oxygen atoms in total. The van der Waals surface area contributed by atoms with Crippen LogP contribution in [-0.4, -0.2) is 6.04 Å². The summed E-state index contributed by atoms with van der Waals surface area (Å²) in [5.41, 5.74) is 20.1. The normalized spacial score (nSPS) is 16.9. The summed E-state index contributed by atoms with van der Waals surface area (Å²) < 4.78 is 0. The molecule has 9 aromatic carbocycles. The third-order valence-electron chi connectivity index (χ3n) is 16.6. The highest BCUT2D eigenvalue weighted by atomic mass is 15.2. The summed E-state index contributed by atoms with van der Waals surface area (Å²) in [7, 11) is 0. The molecule has 0 atom stereocenters. The lowest BCUT2D eigenvalue weighted by Gasteiger charge is -2.55. The van der Waals surface area contributed by atoms with E-state index in [0.29, 0.717) is 6.04 Å². The Labute approximate surface area is 402 Å². The summed E-state index contributed by atoms with van der Waals surface area (Å²) >= 11 is 0. The largest absolute Gasteiger partial charge is 0.338 e. The number of nitrogens with zero attached hydrogens (tertiary/aromatic N) is 3. The van der Waals surface area contributed by atoms with Crippen molar-refractivity contribution in [3.05, 3.63) is 215 Å². The first-order chi connectivity index (χ1) is 33.0. The Kier molecular flexibility index (Phi) is 9.04. The van der Waals surface area contributed by atoms with Crippen LogP contribution in [0.2, 0.25) is 0 Å². The van der Waals surface area contributed by atoms with E-state index < -0.39 is 0 Å². The zero-order valence-electron chi connectivity index (χ0n) is 40.3. The first kappa shape index (κ1) is 41.1. The van der Waals surface area contributed by atoms with Gasteiger partial charge in [0.1, 0.15) is 0 Å². The summed E-state index contributed by atoms with van der Waals surface area (Å²) in [5, 5.41) is 4.95. The molecule has 0 aromatic heterocycles.